The number of ether oxygens (including phenoxy) is 2. The zero-order valence-corrected chi connectivity index (χ0v) is 12.0. The summed E-state index contributed by atoms with van der Waals surface area (Å²) in [5, 5.41) is 4.07. The molecular formula is C13H19NO3S. The van der Waals surface area contributed by atoms with E-state index in [0.717, 1.165) is 12.2 Å². The Morgan fingerprint density at radius 2 is 2.22 bits per heavy atom. The van der Waals surface area contributed by atoms with E-state index >= 15 is 0 Å². The van der Waals surface area contributed by atoms with Crippen LogP contribution in [-0.4, -0.2) is 36.3 Å². The van der Waals surface area contributed by atoms with Gasteiger partial charge in [0.2, 0.25) is 0 Å². The summed E-state index contributed by atoms with van der Waals surface area (Å²) in [6, 6.07) is 0.0435. The molecule has 100 valence electrons. The number of nitrogens with zero attached hydrogens (tertiary/aromatic N) is 1. The van der Waals surface area contributed by atoms with Gasteiger partial charge in [0.05, 0.1) is 6.04 Å². The summed E-state index contributed by atoms with van der Waals surface area (Å²) < 4.78 is 11.0. The van der Waals surface area contributed by atoms with Gasteiger partial charge in [0, 0.05) is 24.4 Å². The fourth-order valence-corrected chi connectivity index (χ4v) is 2.61. The number of fused-ring (bicyclic) bond motifs is 1. The van der Waals surface area contributed by atoms with Crippen molar-refractivity contribution in [2.45, 2.75) is 38.8 Å². The molecular weight excluding hydrogens is 250 g/mol. The molecule has 2 rings (SSSR count). The van der Waals surface area contributed by atoms with Crippen LogP contribution in [0, 0.1) is 0 Å². The Morgan fingerprint density at radius 3 is 2.89 bits per heavy atom. The Kier molecular flexibility index (Phi) is 3.52. The highest BCUT2D eigenvalue weighted by Crippen LogP contribution is 2.30. The lowest BCUT2D eigenvalue weighted by Gasteiger charge is -2.32. The van der Waals surface area contributed by atoms with Gasteiger partial charge in [-0.15, -0.1) is 11.3 Å². The van der Waals surface area contributed by atoms with Crippen LogP contribution in [0.5, 0.6) is 5.75 Å². The molecule has 5 heteroatoms. The molecule has 0 spiro atoms. The number of carbonyl (C=O) groups is 1. The molecule has 0 saturated carbocycles. The first-order chi connectivity index (χ1) is 8.37. The third-order valence-electron chi connectivity index (χ3n) is 2.82. The van der Waals surface area contributed by atoms with Crippen molar-refractivity contribution in [2.24, 2.45) is 0 Å². The van der Waals surface area contributed by atoms with E-state index in [1.807, 2.05) is 26.2 Å². The standard InChI is InChI=1S/C13H19NO3S/c1-13(2,3)17-12(15)14(4)10-5-9-7-18-8-11(9)16-6-10/h7-8,10H,5-6H2,1-4H3. The number of amides is 1. The van der Waals surface area contributed by atoms with Crippen molar-refractivity contribution in [1.29, 1.82) is 0 Å². The predicted molar refractivity (Wildman–Crippen MR) is 71.3 cm³/mol. The molecule has 0 fully saturated rings. The second-order valence-electron chi connectivity index (χ2n) is 5.52. The molecule has 1 aliphatic heterocycles. The van der Waals surface area contributed by atoms with Gasteiger partial charge >= 0.3 is 6.09 Å². The summed E-state index contributed by atoms with van der Waals surface area (Å²) in [6.07, 6.45) is 0.531. The first-order valence-electron chi connectivity index (χ1n) is 6.00. The van der Waals surface area contributed by atoms with Crippen LogP contribution in [0.15, 0.2) is 10.8 Å². The summed E-state index contributed by atoms with van der Waals surface area (Å²) in [7, 11) is 1.76. The van der Waals surface area contributed by atoms with Crippen LogP contribution in [0.1, 0.15) is 26.3 Å². The summed E-state index contributed by atoms with van der Waals surface area (Å²) in [5.41, 5.74) is 0.709. The largest absolute Gasteiger partial charge is 0.490 e. The van der Waals surface area contributed by atoms with Gasteiger partial charge in [-0.25, -0.2) is 4.79 Å². The Morgan fingerprint density at radius 1 is 1.50 bits per heavy atom. The number of likely N-dealkylation sites (N-methyl/N-ethyl adjacent to an activating group) is 1. The summed E-state index contributed by atoms with van der Waals surface area (Å²) in [6.45, 7) is 6.13. The molecule has 0 aliphatic carbocycles. The summed E-state index contributed by atoms with van der Waals surface area (Å²) in [4.78, 5) is 13.6. The van der Waals surface area contributed by atoms with Crippen molar-refractivity contribution in [3.8, 4) is 5.75 Å². The summed E-state index contributed by atoms with van der Waals surface area (Å²) >= 11 is 1.63. The van der Waals surface area contributed by atoms with E-state index in [2.05, 4.69) is 5.38 Å². The molecule has 0 saturated heterocycles. The second kappa shape index (κ2) is 4.80. The molecule has 1 atom stereocenters. The molecule has 1 aromatic heterocycles. The molecule has 0 radical (unpaired) electrons. The Hall–Kier alpha value is -1.23. The quantitative estimate of drug-likeness (QED) is 0.787. The van der Waals surface area contributed by atoms with Gasteiger partial charge in [-0.3, -0.25) is 0 Å². The zero-order valence-electron chi connectivity index (χ0n) is 11.2. The maximum Gasteiger partial charge on any atom is 0.410 e. The fraction of sp³-hybridized carbons (Fsp3) is 0.615. The lowest BCUT2D eigenvalue weighted by Crippen LogP contribution is -2.46. The SMILES string of the molecule is CN(C(=O)OC(C)(C)C)C1COc2cscc2C1. The van der Waals surface area contributed by atoms with Gasteiger partial charge in [-0.1, -0.05) is 0 Å². The molecule has 1 aromatic rings. The van der Waals surface area contributed by atoms with Gasteiger partial charge in [0.15, 0.2) is 0 Å². The average Bonchev–Trinajstić information content (AvgIpc) is 2.72. The lowest BCUT2D eigenvalue weighted by atomic mass is 10.1. The van der Waals surface area contributed by atoms with E-state index in [4.69, 9.17) is 9.47 Å². The molecule has 1 aliphatic rings. The molecule has 0 bridgehead atoms. The van der Waals surface area contributed by atoms with E-state index in [-0.39, 0.29) is 12.1 Å². The minimum Gasteiger partial charge on any atom is -0.490 e. The molecule has 18 heavy (non-hydrogen) atoms. The van der Waals surface area contributed by atoms with Gasteiger partial charge in [-0.05, 0) is 26.2 Å². The minimum absolute atomic E-state index is 0.0435. The second-order valence-corrected chi connectivity index (χ2v) is 6.27. The molecule has 0 N–H and O–H groups in total. The average molecular weight is 269 g/mol. The molecule has 2 heterocycles. The molecule has 1 amide bonds. The van der Waals surface area contributed by atoms with E-state index in [1.54, 1.807) is 23.3 Å². The van der Waals surface area contributed by atoms with Gasteiger partial charge in [-0.2, -0.15) is 0 Å². The van der Waals surface area contributed by atoms with Crippen molar-refractivity contribution >= 4 is 17.4 Å². The third kappa shape index (κ3) is 2.96. The van der Waals surface area contributed by atoms with Gasteiger partial charge < -0.3 is 14.4 Å². The topological polar surface area (TPSA) is 38.8 Å². The van der Waals surface area contributed by atoms with Crippen LogP contribution < -0.4 is 4.74 Å². The van der Waals surface area contributed by atoms with E-state index in [0.29, 0.717) is 6.61 Å². The van der Waals surface area contributed by atoms with Crippen molar-refractivity contribution in [3.05, 3.63) is 16.3 Å². The number of thiophene rings is 1. The van der Waals surface area contributed by atoms with Crippen LogP contribution in [0.25, 0.3) is 0 Å². The molecule has 0 aromatic carbocycles. The predicted octanol–water partition coefficient (Wildman–Crippen LogP) is 2.92. The van der Waals surface area contributed by atoms with Gasteiger partial charge in [0.1, 0.15) is 18.0 Å². The Bertz CT molecular complexity index is 436. The highest BCUT2D eigenvalue weighted by atomic mass is 32.1. The number of hydrogen-bond acceptors (Lipinski definition) is 4. The van der Waals surface area contributed by atoms with E-state index in [9.17, 15) is 4.79 Å². The monoisotopic (exact) mass is 269 g/mol. The van der Waals surface area contributed by atoms with Crippen LogP contribution >= 0.6 is 11.3 Å². The Balaban J connectivity index is 1.99. The van der Waals surface area contributed by atoms with Crippen LogP contribution in [0.4, 0.5) is 4.79 Å². The maximum atomic E-state index is 12.0. The minimum atomic E-state index is -0.464. The van der Waals surface area contributed by atoms with Gasteiger partial charge in [0.25, 0.3) is 0 Å². The van der Waals surface area contributed by atoms with Crippen molar-refractivity contribution < 1.29 is 14.3 Å². The normalized spacial score (nSPS) is 18.8. The third-order valence-corrected chi connectivity index (χ3v) is 3.59. The van der Waals surface area contributed by atoms with E-state index < -0.39 is 5.60 Å². The van der Waals surface area contributed by atoms with Crippen LogP contribution in [0.3, 0.4) is 0 Å². The van der Waals surface area contributed by atoms with Crippen molar-refractivity contribution in [1.82, 2.24) is 4.90 Å². The number of rotatable bonds is 1. The lowest BCUT2D eigenvalue weighted by molar-refractivity contribution is 0.0160. The fourth-order valence-electron chi connectivity index (χ4n) is 1.82. The van der Waals surface area contributed by atoms with E-state index in [1.165, 1.54) is 5.56 Å². The van der Waals surface area contributed by atoms with Crippen molar-refractivity contribution in [3.63, 3.8) is 0 Å². The Labute approximate surface area is 111 Å². The number of carbonyl (C=O) groups excluding carboxylic acids is 1. The first-order valence-corrected chi connectivity index (χ1v) is 6.95. The maximum absolute atomic E-state index is 12.0. The van der Waals surface area contributed by atoms with Crippen molar-refractivity contribution in [2.75, 3.05) is 13.7 Å². The molecule has 1 unspecified atom stereocenters. The first kappa shape index (κ1) is 13.2. The highest BCUT2D eigenvalue weighted by molar-refractivity contribution is 7.08. The smallest absolute Gasteiger partial charge is 0.410 e. The zero-order chi connectivity index (χ0) is 13.3. The molecule has 4 nitrogen and oxygen atoms in total. The van der Waals surface area contributed by atoms with Crippen LogP contribution in [-0.2, 0) is 11.2 Å². The number of hydrogen-bond donors (Lipinski definition) is 0. The highest BCUT2D eigenvalue weighted by Gasteiger charge is 2.29. The summed E-state index contributed by atoms with van der Waals surface area (Å²) in [5.74, 6) is 0.953. The van der Waals surface area contributed by atoms with Crippen LogP contribution in [0.2, 0.25) is 0 Å².